The van der Waals surface area contributed by atoms with E-state index in [4.69, 9.17) is 0 Å². The van der Waals surface area contributed by atoms with Gasteiger partial charge in [0.1, 0.15) is 5.60 Å². The molecule has 1 atom stereocenters. The van der Waals surface area contributed by atoms with Crippen molar-refractivity contribution in [2.45, 2.75) is 31.8 Å². The van der Waals surface area contributed by atoms with Crippen LogP contribution in [0, 0.1) is 0 Å². The lowest BCUT2D eigenvalue weighted by Crippen LogP contribution is -2.41. The summed E-state index contributed by atoms with van der Waals surface area (Å²) in [5.74, 6) is -0.169. The molecule has 0 aromatic heterocycles. The van der Waals surface area contributed by atoms with E-state index in [1.165, 1.54) is 0 Å². The number of fused-ring (bicyclic) bond motifs is 1. The number of rotatable bonds is 6. The normalized spacial score (nSPS) is 17.9. The SMILES string of the molecule is CCCNC(=O)c1cccc(NC(=O)NCC2(O)CCc3ccccc32)c1. The molecule has 2 aromatic rings. The molecule has 3 amide bonds. The van der Waals surface area contributed by atoms with Crippen LogP contribution in [0.15, 0.2) is 48.5 Å². The molecule has 0 saturated heterocycles. The highest BCUT2D eigenvalue weighted by atomic mass is 16.3. The molecule has 6 heteroatoms. The van der Waals surface area contributed by atoms with E-state index >= 15 is 0 Å². The zero-order valence-electron chi connectivity index (χ0n) is 15.4. The molecule has 0 aliphatic heterocycles. The summed E-state index contributed by atoms with van der Waals surface area (Å²) in [6.07, 6.45) is 2.24. The van der Waals surface area contributed by atoms with Gasteiger partial charge in [0, 0.05) is 17.8 Å². The predicted molar refractivity (Wildman–Crippen MR) is 105 cm³/mol. The van der Waals surface area contributed by atoms with Crippen molar-refractivity contribution >= 4 is 17.6 Å². The van der Waals surface area contributed by atoms with Crippen LogP contribution >= 0.6 is 0 Å². The monoisotopic (exact) mass is 367 g/mol. The molecule has 27 heavy (non-hydrogen) atoms. The maximum atomic E-state index is 12.2. The third-order valence-electron chi connectivity index (χ3n) is 4.79. The predicted octanol–water partition coefficient (Wildman–Crippen LogP) is 2.78. The van der Waals surface area contributed by atoms with Gasteiger partial charge < -0.3 is 21.1 Å². The molecule has 4 N–H and O–H groups in total. The average molecular weight is 367 g/mol. The van der Waals surface area contributed by atoms with Crippen LogP contribution in [0.1, 0.15) is 41.3 Å². The smallest absolute Gasteiger partial charge is 0.319 e. The summed E-state index contributed by atoms with van der Waals surface area (Å²) in [4.78, 5) is 24.3. The molecule has 0 fully saturated rings. The zero-order valence-corrected chi connectivity index (χ0v) is 15.4. The minimum atomic E-state index is -1.05. The molecular formula is C21H25N3O3. The third kappa shape index (κ3) is 4.46. The molecule has 0 saturated carbocycles. The van der Waals surface area contributed by atoms with Crippen LogP contribution in [0.25, 0.3) is 0 Å². The first-order valence-corrected chi connectivity index (χ1v) is 9.26. The first-order valence-electron chi connectivity index (χ1n) is 9.26. The fourth-order valence-corrected chi connectivity index (χ4v) is 3.33. The highest BCUT2D eigenvalue weighted by Crippen LogP contribution is 2.36. The standard InChI is InChI=1S/C21H25N3O3/c1-2-12-22-19(25)16-7-5-8-17(13-16)24-20(26)23-14-21(27)11-10-15-6-3-4-9-18(15)21/h3-9,13,27H,2,10-12,14H2,1H3,(H,22,25)(H2,23,24,26). The lowest BCUT2D eigenvalue weighted by atomic mass is 9.96. The lowest BCUT2D eigenvalue weighted by Gasteiger charge is -2.24. The summed E-state index contributed by atoms with van der Waals surface area (Å²) < 4.78 is 0. The molecule has 1 unspecified atom stereocenters. The molecule has 0 spiro atoms. The van der Waals surface area contributed by atoms with Crippen molar-refractivity contribution in [1.29, 1.82) is 0 Å². The number of hydrogen-bond donors (Lipinski definition) is 4. The second-order valence-electron chi connectivity index (χ2n) is 6.83. The topological polar surface area (TPSA) is 90.5 Å². The number of carbonyl (C=O) groups is 2. The second kappa shape index (κ2) is 8.22. The third-order valence-corrected chi connectivity index (χ3v) is 4.79. The Morgan fingerprint density at radius 2 is 1.93 bits per heavy atom. The molecule has 1 aliphatic rings. The zero-order chi connectivity index (χ0) is 19.3. The van der Waals surface area contributed by atoms with E-state index in [9.17, 15) is 14.7 Å². The Hall–Kier alpha value is -2.86. The molecule has 1 aliphatic carbocycles. The van der Waals surface area contributed by atoms with E-state index in [1.54, 1.807) is 24.3 Å². The molecule has 3 rings (SSSR count). The van der Waals surface area contributed by atoms with Gasteiger partial charge in [-0.1, -0.05) is 37.3 Å². The summed E-state index contributed by atoms with van der Waals surface area (Å²) in [6, 6.07) is 14.1. The Bertz CT molecular complexity index is 837. The summed E-state index contributed by atoms with van der Waals surface area (Å²) in [7, 11) is 0. The van der Waals surface area contributed by atoms with E-state index in [0.717, 1.165) is 24.0 Å². The van der Waals surface area contributed by atoms with Crippen molar-refractivity contribution < 1.29 is 14.7 Å². The minimum Gasteiger partial charge on any atom is -0.383 e. The van der Waals surface area contributed by atoms with Crippen LogP contribution < -0.4 is 16.0 Å². The van der Waals surface area contributed by atoms with Crippen LogP contribution in [0.3, 0.4) is 0 Å². The van der Waals surface area contributed by atoms with Gasteiger partial charge in [0.15, 0.2) is 0 Å². The van der Waals surface area contributed by atoms with Crippen molar-refractivity contribution in [2.24, 2.45) is 0 Å². The van der Waals surface area contributed by atoms with Gasteiger partial charge in [-0.15, -0.1) is 0 Å². The van der Waals surface area contributed by atoms with Gasteiger partial charge in [-0.2, -0.15) is 0 Å². The van der Waals surface area contributed by atoms with Crippen LogP contribution in [0.5, 0.6) is 0 Å². The summed E-state index contributed by atoms with van der Waals surface area (Å²) in [6.45, 7) is 2.73. The van der Waals surface area contributed by atoms with Crippen molar-refractivity contribution in [2.75, 3.05) is 18.4 Å². The second-order valence-corrected chi connectivity index (χ2v) is 6.83. The largest absolute Gasteiger partial charge is 0.383 e. The highest BCUT2D eigenvalue weighted by Gasteiger charge is 2.36. The maximum Gasteiger partial charge on any atom is 0.319 e. The molecule has 0 radical (unpaired) electrons. The van der Waals surface area contributed by atoms with Gasteiger partial charge in [-0.05, 0) is 48.6 Å². The van der Waals surface area contributed by atoms with E-state index in [1.807, 2.05) is 31.2 Å². The first-order chi connectivity index (χ1) is 13.0. The van der Waals surface area contributed by atoms with Crippen molar-refractivity contribution in [3.63, 3.8) is 0 Å². The molecule has 2 aromatic carbocycles. The Morgan fingerprint density at radius 3 is 2.74 bits per heavy atom. The number of hydrogen-bond acceptors (Lipinski definition) is 3. The molecular weight excluding hydrogens is 342 g/mol. The van der Waals surface area contributed by atoms with E-state index in [-0.39, 0.29) is 12.5 Å². The summed E-state index contributed by atoms with van der Waals surface area (Å²) >= 11 is 0. The van der Waals surface area contributed by atoms with E-state index in [2.05, 4.69) is 16.0 Å². The van der Waals surface area contributed by atoms with E-state index in [0.29, 0.717) is 24.2 Å². The number of anilines is 1. The van der Waals surface area contributed by atoms with Gasteiger partial charge in [0.25, 0.3) is 5.91 Å². The van der Waals surface area contributed by atoms with E-state index < -0.39 is 11.6 Å². The van der Waals surface area contributed by atoms with Crippen molar-refractivity contribution in [1.82, 2.24) is 10.6 Å². The van der Waals surface area contributed by atoms with Crippen LogP contribution in [0.4, 0.5) is 10.5 Å². The summed E-state index contributed by atoms with van der Waals surface area (Å²) in [5.41, 5.74) is 1.96. The number of aryl methyl sites for hydroxylation is 1. The van der Waals surface area contributed by atoms with Crippen LogP contribution in [-0.4, -0.2) is 30.1 Å². The number of nitrogens with one attached hydrogen (secondary N) is 3. The lowest BCUT2D eigenvalue weighted by molar-refractivity contribution is 0.0417. The fraction of sp³-hybridized carbons (Fsp3) is 0.333. The van der Waals surface area contributed by atoms with Crippen LogP contribution in [0.2, 0.25) is 0 Å². The van der Waals surface area contributed by atoms with Gasteiger partial charge in [-0.3, -0.25) is 4.79 Å². The first kappa shape index (κ1) is 18.9. The van der Waals surface area contributed by atoms with Crippen LogP contribution in [-0.2, 0) is 12.0 Å². The minimum absolute atomic E-state index is 0.131. The van der Waals surface area contributed by atoms with Crippen molar-refractivity contribution in [3.8, 4) is 0 Å². The molecule has 0 bridgehead atoms. The fourth-order valence-electron chi connectivity index (χ4n) is 3.33. The Labute approximate surface area is 159 Å². The molecule has 6 nitrogen and oxygen atoms in total. The number of aliphatic hydroxyl groups is 1. The van der Waals surface area contributed by atoms with Gasteiger partial charge in [0.2, 0.25) is 0 Å². The maximum absolute atomic E-state index is 12.2. The number of carbonyl (C=O) groups excluding carboxylic acids is 2. The number of benzene rings is 2. The van der Waals surface area contributed by atoms with Crippen molar-refractivity contribution in [3.05, 3.63) is 65.2 Å². The van der Waals surface area contributed by atoms with Gasteiger partial charge in [-0.25, -0.2) is 4.79 Å². The van der Waals surface area contributed by atoms with Gasteiger partial charge in [0.05, 0.1) is 6.54 Å². The Morgan fingerprint density at radius 1 is 1.11 bits per heavy atom. The number of urea groups is 1. The summed E-state index contributed by atoms with van der Waals surface area (Å²) in [5, 5.41) is 19.1. The Kier molecular flexibility index (Phi) is 5.76. The Balaban J connectivity index is 1.58. The molecule has 142 valence electrons. The van der Waals surface area contributed by atoms with Gasteiger partial charge >= 0.3 is 6.03 Å². The highest BCUT2D eigenvalue weighted by molar-refractivity contribution is 5.96. The molecule has 0 heterocycles. The average Bonchev–Trinajstić information content (AvgIpc) is 3.02. The quantitative estimate of drug-likeness (QED) is 0.633. The number of amides is 3.